The summed E-state index contributed by atoms with van der Waals surface area (Å²) < 4.78 is 2.23. The van der Waals surface area contributed by atoms with Gasteiger partial charge in [-0.05, 0) is 24.3 Å². The van der Waals surface area contributed by atoms with Gasteiger partial charge in [-0.15, -0.1) is 0 Å². The average Bonchev–Trinajstić information content (AvgIpc) is 3.20. The van der Waals surface area contributed by atoms with E-state index in [4.69, 9.17) is 9.68 Å². The second-order valence-corrected chi connectivity index (χ2v) is 4.88. The van der Waals surface area contributed by atoms with Crippen LogP contribution in [0.15, 0.2) is 61.2 Å². The van der Waals surface area contributed by atoms with E-state index in [1.54, 1.807) is 48.5 Å². The molecule has 2 heterocycles. The Morgan fingerprint density at radius 1 is 0.708 bits per heavy atom. The number of hydrogen-bond donors (Lipinski definition) is 0. The van der Waals surface area contributed by atoms with Gasteiger partial charge in [-0.25, -0.2) is 19.6 Å². The van der Waals surface area contributed by atoms with Crippen molar-refractivity contribution in [2.45, 2.75) is 0 Å². The highest BCUT2D eigenvalue weighted by Gasteiger charge is 2.22. The summed E-state index contributed by atoms with van der Waals surface area (Å²) in [5, 5.41) is 0. The van der Waals surface area contributed by atoms with Gasteiger partial charge in [0.25, 0.3) is 0 Å². The van der Waals surface area contributed by atoms with Crippen LogP contribution in [0.4, 0.5) is 0 Å². The van der Waals surface area contributed by atoms with Crippen LogP contribution in [0.2, 0.25) is 0 Å². The Morgan fingerprint density at radius 2 is 1.12 bits per heavy atom. The zero-order valence-corrected chi connectivity index (χ0v) is 12.2. The fourth-order valence-corrected chi connectivity index (χ4v) is 2.27. The molecule has 4 aromatic rings. The fraction of sp³-hybridized carbons (Fsp3) is 0. The van der Waals surface area contributed by atoms with Crippen molar-refractivity contribution in [3.05, 3.63) is 61.2 Å². The number of imidazole rings is 2. The van der Waals surface area contributed by atoms with Crippen molar-refractivity contribution in [1.82, 2.24) is 19.4 Å². The molecule has 0 amide bonds. The number of aromatic nitrogens is 4. The maximum absolute atomic E-state index is 11.9. The van der Waals surface area contributed by atoms with Crippen LogP contribution in [0.1, 0.15) is 0 Å². The molecule has 24 heavy (non-hydrogen) atoms. The number of rotatable bonds is 2. The third-order valence-corrected chi connectivity index (χ3v) is 3.37. The van der Waals surface area contributed by atoms with Crippen LogP contribution in [-0.4, -0.2) is 31.4 Å². The van der Waals surface area contributed by atoms with E-state index < -0.39 is 11.9 Å². The molecule has 0 bridgehead atoms. The molecule has 0 atom stereocenters. The van der Waals surface area contributed by atoms with Crippen LogP contribution in [-0.2, 0) is 9.59 Å². The Hall–Kier alpha value is -3.68. The average molecular weight is 322 g/mol. The van der Waals surface area contributed by atoms with Gasteiger partial charge in [0, 0.05) is 0 Å². The second kappa shape index (κ2) is 5.51. The molecule has 2 aromatic heterocycles. The topological polar surface area (TPSA) is 88.2 Å². The maximum atomic E-state index is 11.9. The smallest absolute Gasteiger partial charge is 0.324 e. The lowest BCUT2D eigenvalue weighted by molar-refractivity contribution is -0.167. The first kappa shape index (κ1) is 13.9. The van der Waals surface area contributed by atoms with Crippen molar-refractivity contribution in [2.24, 2.45) is 0 Å². The highest BCUT2D eigenvalue weighted by Crippen LogP contribution is 2.11. The van der Waals surface area contributed by atoms with E-state index in [0.717, 1.165) is 9.46 Å². The summed E-state index contributed by atoms with van der Waals surface area (Å²) in [6.45, 7) is 0. The molecule has 8 nitrogen and oxygen atoms in total. The number of nitrogens with zero attached hydrogens (tertiary/aromatic N) is 4. The van der Waals surface area contributed by atoms with E-state index >= 15 is 0 Å². The predicted octanol–water partition coefficient (Wildman–Crippen LogP) is 0.997. The minimum atomic E-state index is -1.17. The molecular formula is C16H10N4O4. The number of carbonyl (C=O) groups is 2. The molecule has 0 spiro atoms. The van der Waals surface area contributed by atoms with Crippen molar-refractivity contribution in [3.63, 3.8) is 0 Å². The van der Waals surface area contributed by atoms with E-state index in [0.29, 0.717) is 22.1 Å². The normalized spacial score (nSPS) is 10.8. The van der Waals surface area contributed by atoms with E-state index in [1.807, 2.05) is 0 Å². The Bertz CT molecular complexity index is 980. The van der Waals surface area contributed by atoms with E-state index in [-0.39, 0.29) is 0 Å². The zero-order chi connectivity index (χ0) is 16.5. The third kappa shape index (κ3) is 2.35. The number of carbonyl (C=O) groups excluding carboxylic acids is 2. The second-order valence-electron chi connectivity index (χ2n) is 4.88. The summed E-state index contributed by atoms with van der Waals surface area (Å²) in [6, 6.07) is 14.1. The van der Waals surface area contributed by atoms with Gasteiger partial charge in [-0.2, -0.15) is 9.46 Å². The molecule has 0 aliphatic rings. The maximum Gasteiger partial charge on any atom is 0.444 e. The molecule has 0 N–H and O–H groups in total. The highest BCUT2D eigenvalue weighted by atomic mass is 16.7. The number of benzene rings is 2. The first-order valence-electron chi connectivity index (χ1n) is 7.01. The van der Waals surface area contributed by atoms with Gasteiger partial charge in [-0.3, -0.25) is 0 Å². The van der Waals surface area contributed by atoms with Gasteiger partial charge in [0.15, 0.2) is 0 Å². The molecule has 8 heteroatoms. The molecule has 4 rings (SSSR count). The molecule has 0 saturated carbocycles. The van der Waals surface area contributed by atoms with Gasteiger partial charge < -0.3 is 9.68 Å². The summed E-state index contributed by atoms with van der Waals surface area (Å²) in [4.78, 5) is 42.0. The molecule has 0 saturated heterocycles. The first-order chi connectivity index (χ1) is 11.7. The summed E-state index contributed by atoms with van der Waals surface area (Å²) in [5.74, 6) is -2.34. The van der Waals surface area contributed by atoms with E-state index in [9.17, 15) is 9.59 Å². The highest BCUT2D eigenvalue weighted by molar-refractivity contribution is 6.30. The van der Waals surface area contributed by atoms with Gasteiger partial charge in [0.05, 0.1) is 11.0 Å². The standard InChI is InChI=1S/C16H10N4O4/c21-15(23-19-9-17-11-5-1-3-7-13(11)19)16(22)24-20-10-18-12-6-2-4-8-14(12)20/h1-10H. The lowest BCUT2D eigenvalue weighted by Gasteiger charge is -2.06. The Kier molecular flexibility index (Phi) is 3.20. The van der Waals surface area contributed by atoms with Crippen LogP contribution in [0.25, 0.3) is 22.1 Å². The minimum Gasteiger partial charge on any atom is -0.324 e. The molecule has 0 fully saturated rings. The summed E-state index contributed by atoms with van der Waals surface area (Å²) in [5.41, 5.74) is 2.40. The number of fused-ring (bicyclic) bond motifs is 2. The molecule has 0 aliphatic heterocycles. The van der Waals surface area contributed by atoms with Crippen LogP contribution in [0, 0.1) is 0 Å². The largest absolute Gasteiger partial charge is 0.444 e. The third-order valence-electron chi connectivity index (χ3n) is 3.37. The lowest BCUT2D eigenvalue weighted by atomic mass is 10.3. The summed E-state index contributed by atoms with van der Waals surface area (Å²) in [6.07, 6.45) is 2.62. The molecule has 0 radical (unpaired) electrons. The molecule has 2 aromatic carbocycles. The number of para-hydroxylation sites is 4. The van der Waals surface area contributed by atoms with Crippen molar-refractivity contribution in [2.75, 3.05) is 0 Å². The van der Waals surface area contributed by atoms with Crippen LogP contribution in [0.3, 0.4) is 0 Å². The summed E-state index contributed by atoms with van der Waals surface area (Å²) in [7, 11) is 0. The first-order valence-corrected chi connectivity index (χ1v) is 7.01. The van der Waals surface area contributed by atoms with Crippen molar-refractivity contribution < 1.29 is 19.3 Å². The van der Waals surface area contributed by atoms with Gasteiger partial charge in [0.1, 0.15) is 23.7 Å². The van der Waals surface area contributed by atoms with E-state index in [1.165, 1.54) is 12.7 Å². The number of hydrogen-bond acceptors (Lipinski definition) is 6. The monoisotopic (exact) mass is 322 g/mol. The Balaban J connectivity index is 1.53. The minimum absolute atomic E-state index is 0.562. The van der Waals surface area contributed by atoms with Crippen molar-refractivity contribution in [1.29, 1.82) is 0 Å². The Morgan fingerprint density at radius 3 is 1.58 bits per heavy atom. The zero-order valence-electron chi connectivity index (χ0n) is 12.2. The van der Waals surface area contributed by atoms with Gasteiger partial charge in [-0.1, -0.05) is 24.3 Å². The van der Waals surface area contributed by atoms with E-state index in [2.05, 4.69) is 9.97 Å². The van der Waals surface area contributed by atoms with Crippen LogP contribution >= 0.6 is 0 Å². The molecule has 0 unspecified atom stereocenters. The lowest BCUT2D eigenvalue weighted by Crippen LogP contribution is -2.34. The van der Waals surface area contributed by atoms with Gasteiger partial charge >= 0.3 is 11.9 Å². The molecule has 0 aliphatic carbocycles. The predicted molar refractivity (Wildman–Crippen MR) is 82.6 cm³/mol. The Labute approximate surface area is 134 Å². The summed E-state index contributed by atoms with van der Waals surface area (Å²) >= 11 is 0. The van der Waals surface area contributed by atoms with Crippen LogP contribution < -0.4 is 9.68 Å². The quantitative estimate of drug-likeness (QED) is 0.512. The van der Waals surface area contributed by atoms with Crippen LogP contribution in [0.5, 0.6) is 0 Å². The fourth-order valence-electron chi connectivity index (χ4n) is 2.27. The molecular weight excluding hydrogens is 312 g/mol. The van der Waals surface area contributed by atoms with Crippen molar-refractivity contribution >= 4 is 34.0 Å². The molecule has 118 valence electrons. The van der Waals surface area contributed by atoms with Crippen molar-refractivity contribution in [3.8, 4) is 0 Å². The van der Waals surface area contributed by atoms with Gasteiger partial charge in [0.2, 0.25) is 0 Å². The SMILES string of the molecule is O=C(On1cnc2ccccc21)C(=O)On1cnc2ccccc21.